The van der Waals surface area contributed by atoms with Gasteiger partial charge in [-0.2, -0.15) is 0 Å². The Hall–Kier alpha value is -1.11. The topological polar surface area (TPSA) is 70.6 Å². The van der Waals surface area contributed by atoms with Gasteiger partial charge >= 0.3 is 6.03 Å². The molecule has 1 aromatic heterocycles. The lowest BCUT2D eigenvalue weighted by molar-refractivity contribution is -0.00244. The minimum absolute atomic E-state index is 0.215. The zero-order valence-corrected chi connectivity index (χ0v) is 13.9. The summed E-state index contributed by atoms with van der Waals surface area (Å²) in [4.78, 5) is 12.5. The van der Waals surface area contributed by atoms with Crippen molar-refractivity contribution in [2.45, 2.75) is 44.8 Å². The summed E-state index contributed by atoms with van der Waals surface area (Å²) in [7, 11) is 0. The molecular weight excluding hydrogens is 300 g/mol. The van der Waals surface area contributed by atoms with Crippen molar-refractivity contribution >= 4 is 17.4 Å². The van der Waals surface area contributed by atoms with Crippen LogP contribution < -0.4 is 10.6 Å². The van der Waals surface area contributed by atoms with Crippen LogP contribution in [0.15, 0.2) is 17.5 Å². The molecule has 0 radical (unpaired) electrons. The molecule has 1 fully saturated rings. The molecule has 1 aliphatic carbocycles. The fourth-order valence-electron chi connectivity index (χ4n) is 2.74. The van der Waals surface area contributed by atoms with Gasteiger partial charge in [0.1, 0.15) is 6.10 Å². The van der Waals surface area contributed by atoms with Crippen molar-refractivity contribution in [2.24, 2.45) is 5.92 Å². The highest BCUT2D eigenvalue weighted by Crippen LogP contribution is 2.25. The smallest absolute Gasteiger partial charge is 0.314 e. The Bertz CT molecular complexity index is 439. The molecule has 3 N–H and O–H groups in total. The highest BCUT2D eigenvalue weighted by atomic mass is 32.1. The van der Waals surface area contributed by atoms with Crippen molar-refractivity contribution in [2.75, 3.05) is 19.7 Å². The number of nitrogens with one attached hydrogen (secondary N) is 2. The Balaban J connectivity index is 1.54. The number of ether oxygens (including phenoxy) is 1. The number of aliphatic hydroxyl groups excluding tert-OH is 1. The van der Waals surface area contributed by atoms with Gasteiger partial charge in [0, 0.05) is 11.4 Å². The van der Waals surface area contributed by atoms with Gasteiger partial charge in [0.15, 0.2) is 0 Å². The highest BCUT2D eigenvalue weighted by molar-refractivity contribution is 7.10. The third-order valence-electron chi connectivity index (χ3n) is 4.08. The fourth-order valence-corrected chi connectivity index (χ4v) is 3.45. The van der Waals surface area contributed by atoms with Crippen molar-refractivity contribution in [3.63, 3.8) is 0 Å². The van der Waals surface area contributed by atoms with Gasteiger partial charge in [-0.15, -0.1) is 11.3 Å². The number of thiophene rings is 1. The molecule has 1 aliphatic rings. The van der Waals surface area contributed by atoms with Crippen molar-refractivity contribution < 1.29 is 14.6 Å². The van der Waals surface area contributed by atoms with Crippen molar-refractivity contribution in [1.29, 1.82) is 0 Å². The second-order valence-electron chi connectivity index (χ2n) is 5.84. The van der Waals surface area contributed by atoms with E-state index in [0.717, 1.165) is 11.3 Å². The number of carbonyl (C=O) groups is 1. The predicted molar refractivity (Wildman–Crippen MR) is 88.1 cm³/mol. The van der Waals surface area contributed by atoms with Gasteiger partial charge in [-0.25, -0.2) is 4.79 Å². The van der Waals surface area contributed by atoms with E-state index in [9.17, 15) is 9.90 Å². The summed E-state index contributed by atoms with van der Waals surface area (Å²) in [5, 5.41) is 17.2. The lowest BCUT2D eigenvalue weighted by Gasteiger charge is -2.28. The largest absolute Gasteiger partial charge is 0.386 e. The molecule has 1 saturated carbocycles. The van der Waals surface area contributed by atoms with E-state index in [1.165, 1.54) is 30.6 Å². The Morgan fingerprint density at radius 1 is 1.45 bits per heavy atom. The Morgan fingerprint density at radius 3 is 3.00 bits per heavy atom. The first-order valence-electron chi connectivity index (χ1n) is 8.01. The van der Waals surface area contributed by atoms with Crippen LogP contribution in [0.1, 0.15) is 43.6 Å². The Labute approximate surface area is 136 Å². The summed E-state index contributed by atoms with van der Waals surface area (Å²) in [5.41, 5.74) is 0. The lowest BCUT2D eigenvalue weighted by Crippen LogP contribution is -2.40. The van der Waals surface area contributed by atoms with Crippen LogP contribution in [-0.4, -0.2) is 36.9 Å². The molecule has 2 rings (SSSR count). The number of rotatable bonds is 7. The van der Waals surface area contributed by atoms with E-state index in [4.69, 9.17) is 4.74 Å². The molecule has 1 aromatic rings. The quantitative estimate of drug-likeness (QED) is 0.675. The summed E-state index contributed by atoms with van der Waals surface area (Å²) in [6, 6.07) is 3.47. The molecular formula is C16H26N2O3S. The second-order valence-corrected chi connectivity index (χ2v) is 6.82. The molecule has 0 bridgehead atoms. The molecule has 5 nitrogen and oxygen atoms in total. The fraction of sp³-hybridized carbons (Fsp3) is 0.688. The number of urea groups is 1. The average molecular weight is 326 g/mol. The van der Waals surface area contributed by atoms with E-state index < -0.39 is 6.10 Å². The van der Waals surface area contributed by atoms with Crippen LogP contribution in [0.25, 0.3) is 0 Å². The normalized spacial score (nSPS) is 23.0. The summed E-state index contributed by atoms with van der Waals surface area (Å²) in [6.07, 6.45) is 4.58. The van der Waals surface area contributed by atoms with Gasteiger partial charge in [0.25, 0.3) is 0 Å². The summed E-state index contributed by atoms with van der Waals surface area (Å²) in [6.45, 7) is 3.48. The first kappa shape index (κ1) is 17.2. The number of carbonyl (C=O) groups excluding carboxylic acids is 1. The van der Waals surface area contributed by atoms with Gasteiger partial charge < -0.3 is 20.5 Å². The molecule has 124 valence electrons. The molecule has 0 saturated heterocycles. The maximum absolute atomic E-state index is 11.6. The van der Waals surface area contributed by atoms with E-state index in [0.29, 0.717) is 25.2 Å². The SMILES string of the molecule is C[C@H]1CCCC[C@@H]1OCCNC(=O)NC[C@H](O)c1cccs1. The number of hydrogen-bond acceptors (Lipinski definition) is 4. The Morgan fingerprint density at radius 2 is 2.27 bits per heavy atom. The Kier molecular flexibility index (Phi) is 7.15. The van der Waals surface area contributed by atoms with Gasteiger partial charge in [0.2, 0.25) is 0 Å². The van der Waals surface area contributed by atoms with Crippen molar-refractivity contribution in [3.8, 4) is 0 Å². The highest BCUT2D eigenvalue weighted by Gasteiger charge is 2.21. The van der Waals surface area contributed by atoms with Gasteiger partial charge in [-0.05, 0) is 30.2 Å². The molecule has 2 amide bonds. The molecule has 3 atom stereocenters. The van der Waals surface area contributed by atoms with Crippen molar-refractivity contribution in [1.82, 2.24) is 10.6 Å². The molecule has 0 spiro atoms. The summed E-state index contributed by atoms with van der Waals surface area (Å²) >= 11 is 1.48. The molecule has 22 heavy (non-hydrogen) atoms. The standard InChI is InChI=1S/C16H26N2O3S/c1-12-5-2-3-6-14(12)21-9-8-17-16(20)18-11-13(19)15-7-4-10-22-15/h4,7,10,12-14,19H,2-3,5-6,8-9,11H2,1H3,(H2,17,18,20)/t12-,13-,14-/m0/s1. The molecule has 0 aromatic carbocycles. The third-order valence-corrected chi connectivity index (χ3v) is 5.05. The van der Waals surface area contributed by atoms with Crippen LogP contribution in [0, 0.1) is 5.92 Å². The zero-order valence-electron chi connectivity index (χ0n) is 13.1. The van der Waals surface area contributed by atoms with Crippen LogP contribution in [0.2, 0.25) is 0 Å². The second kappa shape index (κ2) is 9.12. The molecule has 6 heteroatoms. The summed E-state index contributed by atoms with van der Waals surface area (Å²) in [5.74, 6) is 0.614. The minimum Gasteiger partial charge on any atom is -0.386 e. The van der Waals surface area contributed by atoms with Crippen LogP contribution in [0.4, 0.5) is 4.79 Å². The minimum atomic E-state index is -0.648. The maximum atomic E-state index is 11.6. The van der Waals surface area contributed by atoms with Crippen LogP contribution >= 0.6 is 11.3 Å². The van der Waals surface area contributed by atoms with E-state index in [2.05, 4.69) is 17.6 Å². The van der Waals surface area contributed by atoms with E-state index in [1.807, 2.05) is 17.5 Å². The van der Waals surface area contributed by atoms with Crippen LogP contribution in [-0.2, 0) is 4.74 Å². The summed E-state index contributed by atoms with van der Waals surface area (Å²) < 4.78 is 5.84. The first-order valence-corrected chi connectivity index (χ1v) is 8.89. The van der Waals surface area contributed by atoms with Gasteiger partial charge in [-0.3, -0.25) is 0 Å². The van der Waals surface area contributed by atoms with Gasteiger partial charge in [-0.1, -0.05) is 25.8 Å². The zero-order chi connectivity index (χ0) is 15.8. The lowest BCUT2D eigenvalue weighted by atomic mass is 9.88. The van der Waals surface area contributed by atoms with E-state index >= 15 is 0 Å². The van der Waals surface area contributed by atoms with Crippen LogP contribution in [0.5, 0.6) is 0 Å². The molecule has 0 aliphatic heterocycles. The third kappa shape index (κ3) is 5.59. The van der Waals surface area contributed by atoms with E-state index in [1.54, 1.807) is 0 Å². The number of aliphatic hydroxyl groups is 1. The van der Waals surface area contributed by atoms with Gasteiger partial charge in [0.05, 0.1) is 19.3 Å². The maximum Gasteiger partial charge on any atom is 0.314 e. The predicted octanol–water partition coefficient (Wildman–Crippen LogP) is 2.68. The monoisotopic (exact) mass is 326 g/mol. The number of amides is 2. The van der Waals surface area contributed by atoms with E-state index in [-0.39, 0.29) is 12.6 Å². The number of hydrogen-bond donors (Lipinski definition) is 3. The average Bonchev–Trinajstić information content (AvgIpc) is 3.05. The van der Waals surface area contributed by atoms with Crippen LogP contribution in [0.3, 0.4) is 0 Å². The molecule has 0 unspecified atom stereocenters. The first-order chi connectivity index (χ1) is 10.7. The van der Waals surface area contributed by atoms with Crippen molar-refractivity contribution in [3.05, 3.63) is 22.4 Å². The molecule has 1 heterocycles.